The van der Waals surface area contributed by atoms with Gasteiger partial charge in [0.05, 0.1) is 4.90 Å². The van der Waals surface area contributed by atoms with Crippen LogP contribution in [0.2, 0.25) is 0 Å². The van der Waals surface area contributed by atoms with Crippen molar-refractivity contribution in [3.8, 4) is 0 Å². The van der Waals surface area contributed by atoms with Crippen LogP contribution in [0.1, 0.15) is 32.3 Å². The zero-order chi connectivity index (χ0) is 14.5. The zero-order valence-electron chi connectivity index (χ0n) is 11.2. The van der Waals surface area contributed by atoms with E-state index < -0.39 is 10.0 Å². The molecule has 106 valence electrons. The lowest BCUT2D eigenvalue weighted by Crippen LogP contribution is -2.32. The van der Waals surface area contributed by atoms with Gasteiger partial charge in [0.2, 0.25) is 15.9 Å². The molecule has 3 N–H and O–H groups in total. The number of aryl methyl sites for hydroxylation is 1. The van der Waals surface area contributed by atoms with Crippen LogP contribution in [0.25, 0.3) is 0 Å². The van der Waals surface area contributed by atoms with E-state index in [1.165, 1.54) is 12.1 Å². The summed E-state index contributed by atoms with van der Waals surface area (Å²) in [6.07, 6.45) is 1.86. The highest BCUT2D eigenvalue weighted by molar-refractivity contribution is 7.89. The number of rotatable bonds is 6. The summed E-state index contributed by atoms with van der Waals surface area (Å²) in [4.78, 5) is 11.7. The van der Waals surface area contributed by atoms with Gasteiger partial charge in [0.1, 0.15) is 0 Å². The quantitative estimate of drug-likeness (QED) is 0.822. The molecular formula is C13H20N2O3S. The van der Waals surface area contributed by atoms with Gasteiger partial charge in [0, 0.05) is 12.5 Å². The van der Waals surface area contributed by atoms with Crippen LogP contribution >= 0.6 is 0 Å². The van der Waals surface area contributed by atoms with Crippen LogP contribution in [-0.4, -0.2) is 20.4 Å². The van der Waals surface area contributed by atoms with Crippen molar-refractivity contribution in [2.45, 2.75) is 44.0 Å². The Morgan fingerprint density at radius 1 is 1.32 bits per heavy atom. The number of benzene rings is 1. The lowest BCUT2D eigenvalue weighted by atomic mass is 10.1. The molecule has 1 atom stereocenters. The van der Waals surface area contributed by atoms with E-state index in [-0.39, 0.29) is 16.8 Å². The number of hydrogen-bond donors (Lipinski definition) is 2. The van der Waals surface area contributed by atoms with Crippen molar-refractivity contribution in [2.24, 2.45) is 5.14 Å². The molecule has 0 saturated carbocycles. The zero-order valence-corrected chi connectivity index (χ0v) is 12.0. The Morgan fingerprint density at radius 3 is 2.37 bits per heavy atom. The molecule has 1 amide bonds. The third kappa shape index (κ3) is 5.40. The monoisotopic (exact) mass is 284 g/mol. The highest BCUT2D eigenvalue weighted by atomic mass is 32.2. The Balaban J connectivity index is 2.53. The fourth-order valence-corrected chi connectivity index (χ4v) is 2.07. The molecule has 0 spiro atoms. The Bertz CT molecular complexity index is 523. The van der Waals surface area contributed by atoms with Crippen LogP contribution in [0.15, 0.2) is 29.2 Å². The summed E-state index contributed by atoms with van der Waals surface area (Å²) in [5.41, 5.74) is 0.909. The van der Waals surface area contributed by atoms with Crippen LogP contribution in [-0.2, 0) is 21.2 Å². The highest BCUT2D eigenvalue weighted by Gasteiger charge is 2.08. The van der Waals surface area contributed by atoms with Gasteiger partial charge in [-0.2, -0.15) is 0 Å². The number of amides is 1. The molecule has 0 fully saturated rings. The summed E-state index contributed by atoms with van der Waals surface area (Å²) in [5.74, 6) is 0.00451. The molecule has 0 aromatic heterocycles. The van der Waals surface area contributed by atoms with Gasteiger partial charge in [-0.15, -0.1) is 0 Å². The van der Waals surface area contributed by atoms with Gasteiger partial charge in [-0.05, 0) is 37.5 Å². The van der Waals surface area contributed by atoms with Crippen molar-refractivity contribution < 1.29 is 13.2 Å². The second-order valence-corrected chi connectivity index (χ2v) is 6.13. The highest BCUT2D eigenvalue weighted by Crippen LogP contribution is 2.10. The molecular weight excluding hydrogens is 264 g/mol. The van der Waals surface area contributed by atoms with E-state index >= 15 is 0 Å². The molecule has 0 aliphatic carbocycles. The van der Waals surface area contributed by atoms with E-state index in [1.54, 1.807) is 12.1 Å². The normalized spacial score (nSPS) is 13.0. The number of nitrogens with two attached hydrogens (primary N) is 1. The largest absolute Gasteiger partial charge is 0.354 e. The first-order chi connectivity index (χ1) is 8.82. The van der Waals surface area contributed by atoms with Crippen molar-refractivity contribution in [1.82, 2.24) is 5.32 Å². The van der Waals surface area contributed by atoms with Gasteiger partial charge < -0.3 is 5.32 Å². The smallest absolute Gasteiger partial charge is 0.238 e. The van der Waals surface area contributed by atoms with Gasteiger partial charge in [0.15, 0.2) is 0 Å². The maximum atomic E-state index is 11.6. The second kappa shape index (κ2) is 6.68. The standard InChI is InChI=1S/C13H20N2O3S/c1-3-10(2)15-13(16)9-6-11-4-7-12(8-5-11)19(14,17)18/h4-5,7-8,10H,3,6,9H2,1-2H3,(H,15,16)(H2,14,17,18). The summed E-state index contributed by atoms with van der Waals surface area (Å²) in [6, 6.07) is 6.44. The van der Waals surface area contributed by atoms with Crippen molar-refractivity contribution in [2.75, 3.05) is 0 Å². The molecule has 0 radical (unpaired) electrons. The minimum atomic E-state index is -3.65. The SMILES string of the molecule is CCC(C)NC(=O)CCc1ccc(S(N)(=O)=O)cc1. The van der Waals surface area contributed by atoms with Gasteiger partial charge in [0.25, 0.3) is 0 Å². The maximum Gasteiger partial charge on any atom is 0.238 e. The minimum Gasteiger partial charge on any atom is -0.354 e. The number of primary sulfonamides is 1. The lowest BCUT2D eigenvalue weighted by Gasteiger charge is -2.11. The van der Waals surface area contributed by atoms with E-state index in [9.17, 15) is 13.2 Å². The first-order valence-electron chi connectivity index (χ1n) is 6.24. The molecule has 1 unspecified atom stereocenters. The summed E-state index contributed by atoms with van der Waals surface area (Å²) < 4.78 is 22.2. The van der Waals surface area contributed by atoms with E-state index in [4.69, 9.17) is 5.14 Å². The molecule has 0 bridgehead atoms. The van der Waals surface area contributed by atoms with E-state index in [0.717, 1.165) is 12.0 Å². The van der Waals surface area contributed by atoms with Gasteiger partial charge >= 0.3 is 0 Å². The van der Waals surface area contributed by atoms with Crippen LogP contribution < -0.4 is 10.5 Å². The maximum absolute atomic E-state index is 11.6. The molecule has 1 aromatic rings. The van der Waals surface area contributed by atoms with Crippen LogP contribution in [0.5, 0.6) is 0 Å². The molecule has 0 saturated heterocycles. The number of sulfonamides is 1. The number of carbonyl (C=O) groups excluding carboxylic acids is 1. The van der Waals surface area contributed by atoms with Crippen molar-refractivity contribution in [3.05, 3.63) is 29.8 Å². The third-order valence-electron chi connectivity index (χ3n) is 2.91. The number of nitrogens with one attached hydrogen (secondary N) is 1. The Hall–Kier alpha value is -1.40. The number of carbonyl (C=O) groups is 1. The average Bonchev–Trinajstić information content (AvgIpc) is 2.35. The Labute approximate surface area is 114 Å². The summed E-state index contributed by atoms with van der Waals surface area (Å²) in [6.45, 7) is 3.97. The minimum absolute atomic E-state index is 0.00451. The average molecular weight is 284 g/mol. The van der Waals surface area contributed by atoms with Gasteiger partial charge in [-0.3, -0.25) is 4.79 Å². The van der Waals surface area contributed by atoms with Crippen molar-refractivity contribution >= 4 is 15.9 Å². The molecule has 5 nitrogen and oxygen atoms in total. The van der Waals surface area contributed by atoms with Crippen LogP contribution in [0.4, 0.5) is 0 Å². The van der Waals surface area contributed by atoms with Crippen LogP contribution in [0, 0.1) is 0 Å². The second-order valence-electron chi connectivity index (χ2n) is 4.57. The molecule has 1 rings (SSSR count). The summed E-state index contributed by atoms with van der Waals surface area (Å²) >= 11 is 0. The molecule has 0 aliphatic rings. The molecule has 1 aromatic carbocycles. The Morgan fingerprint density at radius 2 is 1.89 bits per heavy atom. The molecule has 0 aliphatic heterocycles. The van der Waals surface area contributed by atoms with Crippen molar-refractivity contribution in [1.29, 1.82) is 0 Å². The fourth-order valence-electron chi connectivity index (χ4n) is 1.55. The Kier molecular flexibility index (Phi) is 5.50. The fraction of sp³-hybridized carbons (Fsp3) is 0.462. The topological polar surface area (TPSA) is 89.3 Å². The number of hydrogen-bond acceptors (Lipinski definition) is 3. The van der Waals surface area contributed by atoms with E-state index in [2.05, 4.69) is 5.32 Å². The molecule has 0 heterocycles. The van der Waals surface area contributed by atoms with Gasteiger partial charge in [-0.25, -0.2) is 13.6 Å². The predicted molar refractivity (Wildman–Crippen MR) is 74.0 cm³/mol. The van der Waals surface area contributed by atoms with Crippen LogP contribution in [0.3, 0.4) is 0 Å². The summed E-state index contributed by atoms with van der Waals surface area (Å²) in [7, 11) is -3.65. The predicted octanol–water partition coefficient (Wildman–Crippen LogP) is 1.18. The lowest BCUT2D eigenvalue weighted by molar-refractivity contribution is -0.121. The first-order valence-corrected chi connectivity index (χ1v) is 7.78. The van der Waals surface area contributed by atoms with E-state index in [0.29, 0.717) is 12.8 Å². The third-order valence-corrected chi connectivity index (χ3v) is 3.84. The molecule has 6 heteroatoms. The summed E-state index contributed by atoms with van der Waals surface area (Å²) in [5, 5.41) is 7.89. The first kappa shape index (κ1) is 15.7. The van der Waals surface area contributed by atoms with Crippen molar-refractivity contribution in [3.63, 3.8) is 0 Å². The van der Waals surface area contributed by atoms with Gasteiger partial charge in [-0.1, -0.05) is 19.1 Å². The molecule has 19 heavy (non-hydrogen) atoms. The van der Waals surface area contributed by atoms with E-state index in [1.807, 2.05) is 13.8 Å².